The van der Waals surface area contributed by atoms with Gasteiger partial charge >= 0.3 is 5.69 Å². The van der Waals surface area contributed by atoms with Crippen LogP contribution in [0.2, 0.25) is 5.02 Å². The maximum absolute atomic E-state index is 13.4. The lowest BCUT2D eigenvalue weighted by Crippen LogP contribution is -2.21. The van der Waals surface area contributed by atoms with E-state index in [0.29, 0.717) is 28.0 Å². The monoisotopic (exact) mass is 522 g/mol. The van der Waals surface area contributed by atoms with Gasteiger partial charge in [-0.25, -0.2) is 14.8 Å². The molecule has 3 aromatic carbocycles. The van der Waals surface area contributed by atoms with Crippen LogP contribution in [0.15, 0.2) is 84.0 Å². The van der Waals surface area contributed by atoms with Crippen molar-refractivity contribution in [1.82, 2.24) is 29.1 Å². The number of benzene rings is 3. The second kappa shape index (κ2) is 9.32. The van der Waals surface area contributed by atoms with Crippen molar-refractivity contribution in [3.63, 3.8) is 0 Å². The highest BCUT2D eigenvalue weighted by atomic mass is 35.5. The predicted molar refractivity (Wildman–Crippen MR) is 149 cm³/mol. The number of ether oxygens (including phenoxy) is 1. The molecular weight excluding hydrogens is 500 g/mol. The van der Waals surface area contributed by atoms with Crippen LogP contribution in [0, 0.1) is 6.92 Å². The number of nitrogens with zero attached hydrogens (tertiary/aromatic N) is 5. The molecule has 0 amide bonds. The molecule has 9 heteroatoms. The topological polar surface area (TPSA) is 90.6 Å². The number of H-pyrrole nitrogens is 1. The van der Waals surface area contributed by atoms with Crippen molar-refractivity contribution in [1.29, 1.82) is 0 Å². The van der Waals surface area contributed by atoms with Crippen LogP contribution in [0.25, 0.3) is 50.8 Å². The largest absolute Gasteiger partial charge is 0.497 e. The fraction of sp³-hybridized carbons (Fsp3) is 0.103. The molecule has 38 heavy (non-hydrogen) atoms. The van der Waals surface area contributed by atoms with Crippen LogP contribution in [0.1, 0.15) is 5.56 Å². The summed E-state index contributed by atoms with van der Waals surface area (Å²) in [5.41, 5.74) is 7.10. The molecule has 0 saturated heterocycles. The Morgan fingerprint density at radius 3 is 2.58 bits per heavy atom. The lowest BCUT2D eigenvalue weighted by Gasteiger charge is -2.08. The van der Waals surface area contributed by atoms with Crippen LogP contribution in [0.3, 0.4) is 0 Å². The molecular formula is C29H23ClN6O2. The van der Waals surface area contributed by atoms with E-state index in [-0.39, 0.29) is 5.69 Å². The summed E-state index contributed by atoms with van der Waals surface area (Å²) >= 11 is 6.54. The Balaban J connectivity index is 1.55. The number of rotatable bonds is 5. The van der Waals surface area contributed by atoms with E-state index in [1.807, 2.05) is 30.3 Å². The number of methoxy groups -OCH3 is 1. The Morgan fingerprint density at radius 2 is 1.84 bits per heavy atom. The van der Waals surface area contributed by atoms with Crippen LogP contribution in [0.5, 0.6) is 5.75 Å². The van der Waals surface area contributed by atoms with E-state index in [9.17, 15) is 4.79 Å². The van der Waals surface area contributed by atoms with E-state index >= 15 is 0 Å². The Bertz CT molecular complexity index is 1870. The number of nitrogens with one attached hydrogen (secondary N) is 1. The summed E-state index contributed by atoms with van der Waals surface area (Å²) in [7, 11) is 3.33. The van der Waals surface area contributed by atoms with Crippen molar-refractivity contribution in [2.75, 3.05) is 7.11 Å². The standard InChI is InChI=1S/C29H23ClN6O2/c1-17-5-4-6-18(13-17)26-27(34-28(33-26)22-16-31-11-12-32-22)19-7-9-24-25(14-19)35(2)29(37)36(24)23-10-8-20(38-3)15-21(23)30/h4-16H,1-3H3,(H,33,34). The van der Waals surface area contributed by atoms with Gasteiger partial charge < -0.3 is 9.72 Å². The first-order valence-electron chi connectivity index (χ1n) is 11.9. The molecule has 0 aliphatic rings. The molecule has 6 rings (SSSR count). The Labute approximate surface area is 223 Å². The molecule has 0 spiro atoms. The van der Waals surface area contributed by atoms with E-state index < -0.39 is 0 Å². The fourth-order valence-corrected chi connectivity index (χ4v) is 4.90. The molecule has 1 N–H and O–H groups in total. The number of aromatic amines is 1. The molecule has 0 fully saturated rings. The molecule has 0 bridgehead atoms. The Kier molecular flexibility index (Phi) is 5.81. The second-order valence-corrected chi connectivity index (χ2v) is 9.37. The molecule has 6 aromatic rings. The number of halogens is 1. The van der Waals surface area contributed by atoms with Crippen molar-refractivity contribution in [2.45, 2.75) is 6.92 Å². The molecule has 0 aliphatic heterocycles. The van der Waals surface area contributed by atoms with E-state index in [4.69, 9.17) is 21.3 Å². The van der Waals surface area contributed by atoms with Crippen LogP contribution >= 0.6 is 11.6 Å². The van der Waals surface area contributed by atoms with Gasteiger partial charge in [0.1, 0.15) is 11.4 Å². The highest BCUT2D eigenvalue weighted by Crippen LogP contribution is 2.35. The zero-order valence-corrected chi connectivity index (χ0v) is 21.7. The van der Waals surface area contributed by atoms with Gasteiger partial charge in [0.2, 0.25) is 0 Å². The van der Waals surface area contributed by atoms with Crippen LogP contribution in [-0.4, -0.2) is 36.2 Å². The molecule has 0 aliphatic carbocycles. The van der Waals surface area contributed by atoms with Crippen molar-refractivity contribution in [3.05, 3.63) is 100 Å². The fourth-order valence-electron chi connectivity index (χ4n) is 4.65. The minimum absolute atomic E-state index is 0.203. The number of aryl methyl sites for hydroxylation is 2. The van der Waals surface area contributed by atoms with Gasteiger partial charge in [0.25, 0.3) is 0 Å². The van der Waals surface area contributed by atoms with E-state index in [0.717, 1.165) is 39.1 Å². The summed E-state index contributed by atoms with van der Waals surface area (Å²) < 4.78 is 8.49. The first-order valence-corrected chi connectivity index (χ1v) is 12.3. The lowest BCUT2D eigenvalue weighted by atomic mass is 10.0. The summed E-state index contributed by atoms with van der Waals surface area (Å²) in [6, 6.07) is 19.3. The maximum atomic E-state index is 13.4. The van der Waals surface area contributed by atoms with Crippen LogP contribution < -0.4 is 10.4 Å². The summed E-state index contributed by atoms with van der Waals surface area (Å²) in [6.45, 7) is 2.05. The van der Waals surface area contributed by atoms with Crippen molar-refractivity contribution in [3.8, 4) is 45.5 Å². The molecule has 0 unspecified atom stereocenters. The smallest absolute Gasteiger partial charge is 0.333 e. The quantitative estimate of drug-likeness (QED) is 0.308. The Hall–Kier alpha value is -4.69. The second-order valence-electron chi connectivity index (χ2n) is 8.97. The molecule has 3 heterocycles. The molecule has 8 nitrogen and oxygen atoms in total. The first kappa shape index (κ1) is 23.7. The van der Waals surface area contributed by atoms with E-state index in [2.05, 4.69) is 34.0 Å². The lowest BCUT2D eigenvalue weighted by molar-refractivity contribution is 0.415. The first-order chi connectivity index (χ1) is 18.4. The molecule has 3 aromatic heterocycles. The third-order valence-corrected chi connectivity index (χ3v) is 6.84. The molecule has 0 radical (unpaired) electrons. The van der Waals surface area contributed by atoms with Crippen molar-refractivity contribution in [2.24, 2.45) is 7.05 Å². The summed E-state index contributed by atoms with van der Waals surface area (Å²) in [6.07, 6.45) is 4.94. The summed E-state index contributed by atoms with van der Waals surface area (Å²) in [5.74, 6) is 1.23. The highest BCUT2D eigenvalue weighted by molar-refractivity contribution is 6.32. The highest BCUT2D eigenvalue weighted by Gasteiger charge is 2.20. The molecule has 188 valence electrons. The van der Waals surface area contributed by atoms with Gasteiger partial charge in [0.05, 0.1) is 46.4 Å². The van der Waals surface area contributed by atoms with Crippen LogP contribution in [0.4, 0.5) is 0 Å². The van der Waals surface area contributed by atoms with Gasteiger partial charge in [-0.1, -0.05) is 41.4 Å². The number of fused-ring (bicyclic) bond motifs is 1. The minimum Gasteiger partial charge on any atom is -0.497 e. The normalized spacial score (nSPS) is 11.3. The number of hydrogen-bond acceptors (Lipinski definition) is 5. The Morgan fingerprint density at radius 1 is 0.974 bits per heavy atom. The van der Waals surface area contributed by atoms with Gasteiger partial charge in [-0.15, -0.1) is 0 Å². The number of aromatic nitrogens is 6. The summed E-state index contributed by atoms with van der Waals surface area (Å²) in [5, 5.41) is 0.422. The zero-order chi connectivity index (χ0) is 26.4. The number of imidazole rings is 2. The molecule has 0 atom stereocenters. The third-order valence-electron chi connectivity index (χ3n) is 6.54. The van der Waals surface area contributed by atoms with Gasteiger partial charge in [0, 0.05) is 36.6 Å². The zero-order valence-electron chi connectivity index (χ0n) is 20.9. The molecule has 0 saturated carbocycles. The number of hydrogen-bond donors (Lipinski definition) is 1. The third kappa shape index (κ3) is 3.95. The SMILES string of the molecule is COc1ccc(-n2c(=O)n(C)c3cc(-c4nc(-c5cnccn5)[nH]c4-c4cccc(C)c4)ccc32)c(Cl)c1. The van der Waals surface area contributed by atoms with Gasteiger partial charge in [0.15, 0.2) is 5.82 Å². The van der Waals surface area contributed by atoms with Gasteiger partial charge in [-0.3, -0.25) is 14.1 Å². The summed E-state index contributed by atoms with van der Waals surface area (Å²) in [4.78, 5) is 30.3. The van der Waals surface area contributed by atoms with Gasteiger partial charge in [-0.05, 0) is 37.3 Å². The minimum atomic E-state index is -0.203. The average Bonchev–Trinajstić information content (AvgIpc) is 3.49. The van der Waals surface area contributed by atoms with Crippen molar-refractivity contribution < 1.29 is 4.74 Å². The van der Waals surface area contributed by atoms with E-state index in [1.54, 1.807) is 60.1 Å². The maximum Gasteiger partial charge on any atom is 0.333 e. The van der Waals surface area contributed by atoms with Crippen LogP contribution in [-0.2, 0) is 7.05 Å². The van der Waals surface area contributed by atoms with Crippen molar-refractivity contribution >= 4 is 22.6 Å². The van der Waals surface area contributed by atoms with E-state index in [1.165, 1.54) is 0 Å². The predicted octanol–water partition coefficient (Wildman–Crippen LogP) is 5.81. The van der Waals surface area contributed by atoms with Gasteiger partial charge in [-0.2, -0.15) is 0 Å². The average molecular weight is 523 g/mol.